The van der Waals surface area contributed by atoms with Gasteiger partial charge in [0.05, 0.1) is 19.7 Å². The second-order valence-electron chi connectivity index (χ2n) is 6.18. The van der Waals surface area contributed by atoms with Gasteiger partial charge in [0.25, 0.3) is 0 Å². The van der Waals surface area contributed by atoms with Crippen LogP contribution in [-0.2, 0) is 0 Å². The molecule has 1 N–H and O–H groups in total. The van der Waals surface area contributed by atoms with E-state index in [0.29, 0.717) is 17.2 Å². The van der Waals surface area contributed by atoms with Gasteiger partial charge in [-0.05, 0) is 60.5 Å². The molecule has 146 valence electrons. The average molecular weight is 404 g/mol. The number of ether oxygens (including phenoxy) is 3. The Kier molecular flexibility index (Phi) is 5.72. The Morgan fingerprint density at radius 3 is 2.24 bits per heavy atom. The van der Waals surface area contributed by atoms with Crippen LogP contribution in [0.1, 0.15) is 0 Å². The van der Waals surface area contributed by atoms with Gasteiger partial charge in [0.2, 0.25) is 0 Å². The van der Waals surface area contributed by atoms with Gasteiger partial charge in [0.1, 0.15) is 11.5 Å². The number of pyridine rings is 1. The van der Waals surface area contributed by atoms with Crippen molar-refractivity contribution in [3.63, 3.8) is 0 Å². The maximum absolute atomic E-state index is 6.11. The Morgan fingerprint density at radius 1 is 0.793 bits per heavy atom. The molecule has 4 aromatic rings. The van der Waals surface area contributed by atoms with E-state index in [2.05, 4.69) is 21.8 Å². The highest BCUT2D eigenvalue weighted by Gasteiger charge is 2.11. The summed E-state index contributed by atoms with van der Waals surface area (Å²) in [6.07, 6.45) is 1.72. The van der Waals surface area contributed by atoms with Gasteiger partial charge >= 0.3 is 0 Å². The van der Waals surface area contributed by atoms with E-state index in [1.807, 2.05) is 60.7 Å². The number of aromatic nitrogens is 1. The zero-order valence-corrected chi connectivity index (χ0v) is 16.9. The van der Waals surface area contributed by atoms with Crippen molar-refractivity contribution in [3.05, 3.63) is 79.0 Å². The fourth-order valence-corrected chi connectivity index (χ4v) is 3.53. The summed E-state index contributed by atoms with van der Waals surface area (Å²) in [5.74, 6) is 2.71. The van der Waals surface area contributed by atoms with Crippen molar-refractivity contribution in [2.75, 3.05) is 18.9 Å². The molecular formula is C23H20N2O3S. The van der Waals surface area contributed by atoms with E-state index >= 15 is 0 Å². The van der Waals surface area contributed by atoms with Crippen LogP contribution >= 0.6 is 11.9 Å². The molecule has 29 heavy (non-hydrogen) atoms. The molecule has 0 saturated heterocycles. The van der Waals surface area contributed by atoms with Crippen molar-refractivity contribution in [2.45, 2.75) is 4.90 Å². The number of methoxy groups -OCH3 is 2. The smallest absolute Gasteiger partial charge is 0.162 e. The van der Waals surface area contributed by atoms with Gasteiger partial charge in [-0.2, -0.15) is 0 Å². The Bertz CT molecular complexity index is 1100. The average Bonchev–Trinajstić information content (AvgIpc) is 2.78. The number of nitrogens with zero attached hydrogens (tertiary/aromatic N) is 1. The van der Waals surface area contributed by atoms with E-state index in [9.17, 15) is 0 Å². The van der Waals surface area contributed by atoms with Gasteiger partial charge < -0.3 is 18.9 Å². The standard InChI is InChI=1S/C23H20N2O3S/c1-26-22-14-19-20(15-23(22)27-2)24-13-12-21(19)28-17-10-8-16(9-11-17)25-29-18-6-4-3-5-7-18/h3-15,25H,1-2H3. The monoisotopic (exact) mass is 404 g/mol. The number of hydrogen-bond donors (Lipinski definition) is 1. The first kappa shape index (κ1) is 19.0. The summed E-state index contributed by atoms with van der Waals surface area (Å²) in [4.78, 5) is 5.56. The van der Waals surface area contributed by atoms with E-state index in [1.54, 1.807) is 32.4 Å². The molecule has 4 rings (SSSR count). The summed E-state index contributed by atoms with van der Waals surface area (Å²) in [6, 6.07) is 23.6. The highest BCUT2D eigenvalue weighted by Crippen LogP contribution is 2.37. The van der Waals surface area contributed by atoms with Crippen LogP contribution in [0.2, 0.25) is 0 Å². The molecule has 0 bridgehead atoms. The SMILES string of the molecule is COc1cc2nccc(Oc3ccc(NSc4ccccc4)cc3)c2cc1OC. The first-order valence-corrected chi connectivity index (χ1v) is 9.85. The highest BCUT2D eigenvalue weighted by atomic mass is 32.2. The molecule has 0 fully saturated rings. The molecule has 1 aromatic heterocycles. The van der Waals surface area contributed by atoms with Crippen LogP contribution in [0.5, 0.6) is 23.0 Å². The number of nitrogens with one attached hydrogen (secondary N) is 1. The largest absolute Gasteiger partial charge is 0.493 e. The van der Waals surface area contributed by atoms with Crippen molar-refractivity contribution in [2.24, 2.45) is 0 Å². The molecule has 1 heterocycles. The van der Waals surface area contributed by atoms with Gasteiger partial charge in [-0.15, -0.1) is 0 Å². The number of rotatable bonds is 7. The molecule has 0 aliphatic rings. The minimum absolute atomic E-state index is 0.635. The van der Waals surface area contributed by atoms with E-state index in [4.69, 9.17) is 14.2 Å². The molecule has 6 heteroatoms. The lowest BCUT2D eigenvalue weighted by atomic mass is 10.2. The number of fused-ring (bicyclic) bond motifs is 1. The zero-order valence-electron chi connectivity index (χ0n) is 16.1. The van der Waals surface area contributed by atoms with Gasteiger partial charge in [0.15, 0.2) is 11.5 Å². The summed E-state index contributed by atoms with van der Waals surface area (Å²) in [5, 5.41) is 0.854. The highest BCUT2D eigenvalue weighted by molar-refractivity contribution is 8.00. The van der Waals surface area contributed by atoms with Crippen LogP contribution in [0.3, 0.4) is 0 Å². The summed E-state index contributed by atoms with van der Waals surface area (Å²) in [5.41, 5.74) is 1.77. The Labute approximate surface area is 173 Å². The van der Waals surface area contributed by atoms with E-state index in [-0.39, 0.29) is 0 Å². The molecule has 0 aliphatic carbocycles. The van der Waals surface area contributed by atoms with Crippen LogP contribution in [0.4, 0.5) is 5.69 Å². The number of hydrogen-bond acceptors (Lipinski definition) is 6. The first-order chi connectivity index (χ1) is 14.3. The van der Waals surface area contributed by atoms with Crippen molar-refractivity contribution in [1.82, 2.24) is 4.98 Å². The molecule has 0 aliphatic heterocycles. The third-order valence-corrected chi connectivity index (χ3v) is 5.16. The predicted octanol–water partition coefficient (Wildman–Crippen LogP) is 6.16. The fraction of sp³-hybridized carbons (Fsp3) is 0.0870. The van der Waals surface area contributed by atoms with Gasteiger partial charge in [-0.1, -0.05) is 18.2 Å². The summed E-state index contributed by atoms with van der Waals surface area (Å²) >= 11 is 1.57. The van der Waals surface area contributed by atoms with Crippen LogP contribution in [-0.4, -0.2) is 19.2 Å². The lowest BCUT2D eigenvalue weighted by Gasteiger charge is -2.12. The molecule has 0 unspecified atom stereocenters. The third kappa shape index (κ3) is 4.38. The molecule has 5 nitrogen and oxygen atoms in total. The molecule has 3 aromatic carbocycles. The molecule has 0 saturated carbocycles. The van der Waals surface area contributed by atoms with Crippen LogP contribution in [0.15, 0.2) is 83.9 Å². The van der Waals surface area contributed by atoms with E-state index in [0.717, 1.165) is 27.2 Å². The van der Waals surface area contributed by atoms with Gasteiger partial charge in [-0.3, -0.25) is 4.98 Å². The maximum atomic E-state index is 6.11. The van der Waals surface area contributed by atoms with E-state index < -0.39 is 0 Å². The lowest BCUT2D eigenvalue weighted by molar-refractivity contribution is 0.355. The Balaban J connectivity index is 1.52. The minimum atomic E-state index is 0.635. The van der Waals surface area contributed by atoms with Crippen molar-refractivity contribution in [3.8, 4) is 23.0 Å². The summed E-state index contributed by atoms with van der Waals surface area (Å²) in [7, 11) is 3.22. The Morgan fingerprint density at radius 2 is 1.52 bits per heavy atom. The van der Waals surface area contributed by atoms with Crippen LogP contribution in [0.25, 0.3) is 10.9 Å². The van der Waals surface area contributed by atoms with Crippen molar-refractivity contribution >= 4 is 28.5 Å². The lowest BCUT2D eigenvalue weighted by Crippen LogP contribution is -1.93. The quantitative estimate of drug-likeness (QED) is 0.372. The van der Waals surface area contributed by atoms with Crippen LogP contribution < -0.4 is 18.9 Å². The molecule has 0 radical (unpaired) electrons. The first-order valence-electron chi connectivity index (χ1n) is 9.03. The normalized spacial score (nSPS) is 10.6. The second kappa shape index (κ2) is 8.75. The zero-order chi connectivity index (χ0) is 20.1. The molecular weight excluding hydrogens is 384 g/mol. The topological polar surface area (TPSA) is 52.6 Å². The van der Waals surface area contributed by atoms with Crippen molar-refractivity contribution < 1.29 is 14.2 Å². The number of benzene rings is 3. The fourth-order valence-electron chi connectivity index (χ4n) is 2.86. The molecule has 0 atom stereocenters. The third-order valence-electron chi connectivity index (χ3n) is 4.32. The molecule has 0 amide bonds. The maximum Gasteiger partial charge on any atom is 0.162 e. The summed E-state index contributed by atoms with van der Waals surface area (Å²) < 4.78 is 20.2. The second-order valence-corrected chi connectivity index (χ2v) is 7.06. The number of anilines is 1. The van der Waals surface area contributed by atoms with E-state index in [1.165, 1.54) is 0 Å². The van der Waals surface area contributed by atoms with Crippen molar-refractivity contribution in [1.29, 1.82) is 0 Å². The Hall–Kier alpha value is -3.38. The van der Waals surface area contributed by atoms with Gasteiger partial charge in [-0.25, -0.2) is 0 Å². The van der Waals surface area contributed by atoms with Gasteiger partial charge in [0, 0.05) is 28.2 Å². The molecule has 0 spiro atoms. The minimum Gasteiger partial charge on any atom is -0.493 e. The predicted molar refractivity (Wildman–Crippen MR) is 117 cm³/mol. The van der Waals surface area contributed by atoms with Crippen LogP contribution in [0, 0.1) is 0 Å². The summed E-state index contributed by atoms with van der Waals surface area (Å²) in [6.45, 7) is 0.